The van der Waals surface area contributed by atoms with E-state index < -0.39 is 10.0 Å². The average molecular weight is 281 g/mol. The van der Waals surface area contributed by atoms with E-state index >= 15 is 0 Å². The maximum Gasteiger partial charge on any atom is 0.250 e. The fourth-order valence-corrected chi connectivity index (χ4v) is 3.57. The van der Waals surface area contributed by atoms with Crippen LogP contribution in [0.2, 0.25) is 0 Å². The molecule has 19 heavy (non-hydrogen) atoms. The Balaban J connectivity index is 2.41. The standard InChI is InChI=1S/C15H23NO2S/c1-15(2)10-6-7-12(11-16-19(3,17)18)13-8-4-5-9-14(13)15/h6,10-11,14H,4-5,7-9H2,1-3H3/b16-11+/t14-/m0/s1. The van der Waals surface area contributed by atoms with Crippen molar-refractivity contribution in [3.63, 3.8) is 0 Å². The molecule has 0 heterocycles. The molecule has 2 aliphatic carbocycles. The fourth-order valence-electron chi connectivity index (χ4n) is 3.25. The van der Waals surface area contributed by atoms with E-state index in [2.05, 4.69) is 30.4 Å². The Bertz CT molecular complexity index is 538. The normalized spacial score (nSPS) is 27.4. The number of allylic oxidation sites excluding steroid dienone is 4. The van der Waals surface area contributed by atoms with Crippen LogP contribution in [0.25, 0.3) is 0 Å². The molecule has 0 radical (unpaired) electrons. The Kier molecular flexibility index (Phi) is 4.00. The zero-order valence-electron chi connectivity index (χ0n) is 12.0. The molecule has 1 fully saturated rings. The number of fused-ring (bicyclic) bond motifs is 1. The van der Waals surface area contributed by atoms with E-state index in [9.17, 15) is 8.42 Å². The van der Waals surface area contributed by atoms with Crippen LogP contribution in [0.4, 0.5) is 0 Å². The first-order valence-corrected chi connectivity index (χ1v) is 8.79. The molecule has 0 unspecified atom stereocenters. The van der Waals surface area contributed by atoms with Crippen molar-refractivity contribution in [3.05, 3.63) is 23.3 Å². The minimum absolute atomic E-state index is 0.163. The molecule has 0 saturated heterocycles. The van der Waals surface area contributed by atoms with Gasteiger partial charge in [-0.25, -0.2) is 8.42 Å². The van der Waals surface area contributed by atoms with Crippen LogP contribution in [-0.2, 0) is 10.0 Å². The molecule has 1 saturated carbocycles. The molecule has 106 valence electrons. The van der Waals surface area contributed by atoms with Crippen LogP contribution in [0.3, 0.4) is 0 Å². The lowest BCUT2D eigenvalue weighted by Crippen LogP contribution is -2.26. The highest BCUT2D eigenvalue weighted by Gasteiger charge is 2.34. The SMILES string of the molecule is CC1(C)C=CCC(/C=N/S(C)(=O)=O)=C2CCCC[C@@H]21. The third kappa shape index (κ3) is 3.56. The minimum atomic E-state index is -3.29. The van der Waals surface area contributed by atoms with Gasteiger partial charge in [-0.2, -0.15) is 4.40 Å². The number of hydrogen-bond acceptors (Lipinski definition) is 2. The van der Waals surface area contributed by atoms with E-state index in [1.165, 1.54) is 24.8 Å². The molecule has 0 aromatic rings. The van der Waals surface area contributed by atoms with E-state index in [4.69, 9.17) is 0 Å². The van der Waals surface area contributed by atoms with Crippen LogP contribution in [-0.4, -0.2) is 20.9 Å². The van der Waals surface area contributed by atoms with Gasteiger partial charge in [0.2, 0.25) is 10.0 Å². The lowest BCUT2D eigenvalue weighted by molar-refractivity contribution is 0.273. The smallest absolute Gasteiger partial charge is 0.205 e. The predicted octanol–water partition coefficient (Wildman–Crippen LogP) is 3.49. The van der Waals surface area contributed by atoms with Crippen molar-refractivity contribution in [2.24, 2.45) is 15.7 Å². The maximum absolute atomic E-state index is 11.2. The van der Waals surface area contributed by atoms with Gasteiger partial charge < -0.3 is 0 Å². The van der Waals surface area contributed by atoms with Gasteiger partial charge in [0.1, 0.15) is 0 Å². The fraction of sp³-hybridized carbons (Fsp3) is 0.667. The van der Waals surface area contributed by atoms with Crippen molar-refractivity contribution >= 4 is 16.2 Å². The number of hydrogen-bond donors (Lipinski definition) is 0. The summed E-state index contributed by atoms with van der Waals surface area (Å²) < 4.78 is 26.1. The highest BCUT2D eigenvalue weighted by atomic mass is 32.2. The van der Waals surface area contributed by atoms with Gasteiger partial charge in [-0.15, -0.1) is 0 Å². The molecule has 0 amide bonds. The summed E-state index contributed by atoms with van der Waals surface area (Å²) in [6.45, 7) is 4.55. The van der Waals surface area contributed by atoms with Gasteiger partial charge in [-0.1, -0.05) is 38.0 Å². The molecule has 1 atom stereocenters. The molecular formula is C15H23NO2S. The van der Waals surface area contributed by atoms with Gasteiger partial charge in [-0.3, -0.25) is 0 Å². The quantitative estimate of drug-likeness (QED) is 0.574. The maximum atomic E-state index is 11.2. The Morgan fingerprint density at radius 3 is 2.79 bits per heavy atom. The van der Waals surface area contributed by atoms with Crippen LogP contribution in [0, 0.1) is 11.3 Å². The van der Waals surface area contributed by atoms with Gasteiger partial charge in [0, 0.05) is 6.21 Å². The van der Waals surface area contributed by atoms with Crippen LogP contribution in [0.1, 0.15) is 46.0 Å². The van der Waals surface area contributed by atoms with Gasteiger partial charge in [0.25, 0.3) is 0 Å². The second-order valence-corrected chi connectivity index (χ2v) is 7.92. The first-order valence-electron chi connectivity index (χ1n) is 6.94. The van der Waals surface area contributed by atoms with E-state index in [1.54, 1.807) is 6.21 Å². The zero-order valence-corrected chi connectivity index (χ0v) is 12.8. The zero-order chi connectivity index (χ0) is 14.1. The molecule has 0 aliphatic heterocycles. The Morgan fingerprint density at radius 2 is 2.11 bits per heavy atom. The number of sulfonamides is 1. The molecule has 2 aliphatic rings. The molecule has 0 N–H and O–H groups in total. The van der Waals surface area contributed by atoms with Gasteiger partial charge in [0.05, 0.1) is 6.26 Å². The first kappa shape index (κ1) is 14.5. The van der Waals surface area contributed by atoms with Crippen LogP contribution in [0.5, 0.6) is 0 Å². The second kappa shape index (κ2) is 5.23. The van der Waals surface area contributed by atoms with Gasteiger partial charge in [0.15, 0.2) is 0 Å². The van der Waals surface area contributed by atoms with Crippen LogP contribution >= 0.6 is 0 Å². The third-order valence-corrected chi connectivity index (χ3v) is 4.69. The Hall–Kier alpha value is -0.900. The lowest BCUT2D eigenvalue weighted by atomic mass is 9.68. The molecule has 4 heteroatoms. The van der Waals surface area contributed by atoms with Crippen molar-refractivity contribution in [1.82, 2.24) is 0 Å². The second-order valence-electron chi connectivity index (χ2n) is 6.24. The molecule has 2 rings (SSSR count). The third-order valence-electron chi connectivity index (χ3n) is 4.21. The molecule has 3 nitrogen and oxygen atoms in total. The molecule has 0 bridgehead atoms. The summed E-state index contributed by atoms with van der Waals surface area (Å²) in [6, 6.07) is 0. The molecular weight excluding hydrogens is 258 g/mol. The van der Waals surface area contributed by atoms with Crippen LogP contribution < -0.4 is 0 Å². The summed E-state index contributed by atoms with van der Waals surface area (Å²) in [6.07, 6.45) is 12.7. The van der Waals surface area contributed by atoms with E-state index in [0.29, 0.717) is 5.92 Å². The van der Waals surface area contributed by atoms with Crippen molar-refractivity contribution in [2.75, 3.05) is 6.26 Å². The van der Waals surface area contributed by atoms with E-state index in [1.807, 2.05) is 0 Å². The van der Waals surface area contributed by atoms with Crippen LogP contribution in [0.15, 0.2) is 27.7 Å². The number of rotatable bonds is 2. The Morgan fingerprint density at radius 1 is 1.37 bits per heavy atom. The highest BCUT2D eigenvalue weighted by molar-refractivity contribution is 7.89. The summed E-state index contributed by atoms with van der Waals surface area (Å²) in [4.78, 5) is 0. The largest absolute Gasteiger partial charge is 0.250 e. The summed E-state index contributed by atoms with van der Waals surface area (Å²) >= 11 is 0. The van der Waals surface area contributed by atoms with Gasteiger partial charge in [-0.05, 0) is 42.6 Å². The van der Waals surface area contributed by atoms with Crippen molar-refractivity contribution in [1.29, 1.82) is 0 Å². The first-order chi connectivity index (χ1) is 8.80. The van der Waals surface area contributed by atoms with E-state index in [-0.39, 0.29) is 5.41 Å². The monoisotopic (exact) mass is 281 g/mol. The lowest BCUT2D eigenvalue weighted by Gasteiger charge is -2.37. The molecule has 0 spiro atoms. The predicted molar refractivity (Wildman–Crippen MR) is 79.9 cm³/mol. The molecule has 0 aromatic carbocycles. The topological polar surface area (TPSA) is 46.5 Å². The summed E-state index contributed by atoms with van der Waals surface area (Å²) in [7, 11) is -3.29. The highest BCUT2D eigenvalue weighted by Crippen LogP contribution is 2.45. The summed E-state index contributed by atoms with van der Waals surface area (Å²) in [5.74, 6) is 0.529. The molecule has 0 aromatic heterocycles. The Labute approximate surface area is 116 Å². The van der Waals surface area contributed by atoms with E-state index in [0.717, 1.165) is 24.7 Å². The number of nitrogens with zero attached hydrogens (tertiary/aromatic N) is 1. The van der Waals surface area contributed by atoms with Crippen molar-refractivity contribution < 1.29 is 8.42 Å². The van der Waals surface area contributed by atoms with Gasteiger partial charge >= 0.3 is 0 Å². The summed E-state index contributed by atoms with van der Waals surface area (Å²) in [5, 5.41) is 0. The van der Waals surface area contributed by atoms with Crippen molar-refractivity contribution in [2.45, 2.75) is 46.0 Å². The summed E-state index contributed by atoms with van der Waals surface area (Å²) in [5.41, 5.74) is 2.70. The van der Waals surface area contributed by atoms with Crippen molar-refractivity contribution in [3.8, 4) is 0 Å². The minimum Gasteiger partial charge on any atom is -0.205 e. The average Bonchev–Trinajstić information content (AvgIpc) is 2.44.